The highest BCUT2D eigenvalue weighted by atomic mass is 32.1. The van der Waals surface area contributed by atoms with Crippen molar-refractivity contribution < 1.29 is 9.59 Å². The van der Waals surface area contributed by atoms with Gasteiger partial charge in [0.1, 0.15) is 0 Å². The van der Waals surface area contributed by atoms with Crippen LogP contribution in [-0.2, 0) is 16.2 Å². The molecule has 8 aliphatic carbocycles. The van der Waals surface area contributed by atoms with Gasteiger partial charge in [-0.2, -0.15) is 0 Å². The highest BCUT2D eigenvalue weighted by Crippen LogP contribution is 2.71. The van der Waals surface area contributed by atoms with Crippen LogP contribution in [0.2, 0.25) is 0 Å². The predicted molar refractivity (Wildman–Crippen MR) is 253 cm³/mol. The first-order chi connectivity index (χ1) is 31.3. The molecule has 8 aliphatic rings. The maximum absolute atomic E-state index is 14.3. The zero-order valence-corrected chi connectivity index (χ0v) is 37.1. The summed E-state index contributed by atoms with van der Waals surface area (Å²) >= 11 is 3.88. The third-order valence-corrected chi connectivity index (χ3v) is 18.6. The summed E-state index contributed by atoms with van der Waals surface area (Å²) in [5, 5.41) is 20.3. The van der Waals surface area contributed by atoms with Crippen LogP contribution in [0.3, 0.4) is 0 Å². The standard InChI is InChI=1S/C56H42N4O2S2/c1-59-40(30-57)44-34-16-6-8-18-36(34)50(61)38(44)26-32-28-42-46(54(32)20-10-3-11-21-54)48-52(63-42)53-49(56(48)24-14-5-15-25-56)47-43(64-53)29-33(55(47)22-12-4-13-23-55)27-39-45(41(31-58)60-2)35-17-7-9-19-37(35)51(39)62/h6-9,16-19,26-29H,3-5,10-15,20-25H2/b38-26-,39-27+,44-40+,45-41?. The summed E-state index contributed by atoms with van der Waals surface area (Å²) in [5.41, 5.74) is 11.9. The Bertz CT molecular complexity index is 2990. The van der Waals surface area contributed by atoms with E-state index in [2.05, 4.69) is 46.1 Å². The zero-order chi connectivity index (χ0) is 43.5. The molecular formula is C56H42N4O2S2. The number of nitrogens with zero attached hydrogens (tertiary/aromatic N) is 4. The van der Waals surface area contributed by atoms with Gasteiger partial charge in [-0.25, -0.2) is 20.2 Å². The molecule has 0 aliphatic heterocycles. The number of carbonyl (C=O) groups is 2. The molecule has 2 aromatic carbocycles. The van der Waals surface area contributed by atoms with Gasteiger partial charge in [-0.1, -0.05) is 106 Å². The van der Waals surface area contributed by atoms with Crippen molar-refractivity contribution >= 4 is 57.5 Å². The Morgan fingerprint density at radius 2 is 0.891 bits per heavy atom. The average Bonchev–Trinajstić information content (AvgIpc) is 4.18. The minimum atomic E-state index is -0.268. The normalized spacial score (nSPS) is 24.0. The van der Waals surface area contributed by atoms with E-state index in [-0.39, 0.29) is 39.2 Å². The molecular weight excluding hydrogens is 825 g/mol. The van der Waals surface area contributed by atoms with Crippen LogP contribution in [0.5, 0.6) is 0 Å². The van der Waals surface area contributed by atoms with Gasteiger partial charge in [0.2, 0.25) is 0 Å². The first kappa shape index (κ1) is 39.2. The smallest absolute Gasteiger partial charge is 0.270 e. The summed E-state index contributed by atoms with van der Waals surface area (Å²) in [5.74, 6) is -0.230. The van der Waals surface area contributed by atoms with Gasteiger partial charge in [0, 0.05) is 69.2 Å². The van der Waals surface area contributed by atoms with E-state index in [0.29, 0.717) is 44.5 Å². The summed E-state index contributed by atoms with van der Waals surface area (Å²) in [7, 11) is 0. The van der Waals surface area contributed by atoms with E-state index in [4.69, 9.17) is 13.1 Å². The third-order valence-electron chi connectivity index (χ3n) is 16.2. The minimum Gasteiger partial charge on any atom is -0.289 e. The van der Waals surface area contributed by atoms with E-state index < -0.39 is 0 Å². The van der Waals surface area contributed by atoms with Gasteiger partial charge in [-0.15, -0.1) is 22.7 Å². The Morgan fingerprint density at radius 3 is 1.25 bits per heavy atom. The Balaban J connectivity index is 1.05. The van der Waals surface area contributed by atoms with Crippen LogP contribution in [0, 0.1) is 35.8 Å². The van der Waals surface area contributed by atoms with Crippen molar-refractivity contribution in [1.82, 2.24) is 0 Å². The molecule has 0 saturated heterocycles. The number of benzene rings is 2. The lowest BCUT2D eigenvalue weighted by atomic mass is 9.58. The minimum absolute atomic E-state index is 0.0396. The fourth-order valence-electron chi connectivity index (χ4n) is 13.6. The molecule has 3 spiro atoms. The monoisotopic (exact) mass is 866 g/mol. The second-order valence-electron chi connectivity index (χ2n) is 19.0. The molecule has 3 saturated carbocycles. The topological polar surface area (TPSA) is 90.4 Å². The molecule has 12 rings (SSSR count). The molecule has 310 valence electrons. The van der Waals surface area contributed by atoms with Crippen LogP contribution in [0.25, 0.3) is 42.7 Å². The molecule has 4 aromatic rings. The number of carbonyl (C=O) groups excluding carboxylic acids is 2. The van der Waals surface area contributed by atoms with E-state index >= 15 is 0 Å². The van der Waals surface area contributed by atoms with Gasteiger partial charge in [0.05, 0.1) is 25.3 Å². The van der Waals surface area contributed by atoms with Gasteiger partial charge in [-0.05, 0) is 107 Å². The molecule has 0 N–H and O–H groups in total. The maximum Gasteiger partial charge on any atom is 0.270 e. The number of ketones is 2. The van der Waals surface area contributed by atoms with Crippen LogP contribution in [0.15, 0.2) is 94.4 Å². The fraction of sp³-hybridized carbons (Fsp3) is 0.321. The Kier molecular flexibility index (Phi) is 8.75. The van der Waals surface area contributed by atoms with Crippen LogP contribution in [0.4, 0.5) is 0 Å². The molecule has 2 aromatic heterocycles. The summed E-state index contributed by atoms with van der Waals surface area (Å²) in [6, 6.07) is 19.1. The van der Waals surface area contributed by atoms with E-state index in [1.807, 2.05) is 71.2 Å². The van der Waals surface area contributed by atoms with Crippen molar-refractivity contribution in [3.8, 4) is 21.9 Å². The highest BCUT2D eigenvalue weighted by Gasteiger charge is 2.58. The molecule has 0 atom stereocenters. The number of allylic oxidation sites excluding steroid dienone is 10. The molecule has 0 bridgehead atoms. The largest absolute Gasteiger partial charge is 0.289 e. The number of Topliss-reactive ketones (excluding diaryl/α,β-unsaturated/α-hetero) is 2. The van der Waals surface area contributed by atoms with Crippen molar-refractivity contribution in [2.45, 2.75) is 113 Å². The van der Waals surface area contributed by atoms with Crippen molar-refractivity contribution in [3.05, 3.63) is 171 Å². The van der Waals surface area contributed by atoms with Gasteiger partial charge in [-0.3, -0.25) is 9.59 Å². The van der Waals surface area contributed by atoms with Crippen LogP contribution < -0.4 is 0 Å². The fourth-order valence-corrected chi connectivity index (χ4v) is 16.7. The molecule has 3 fully saturated rings. The van der Waals surface area contributed by atoms with Crippen molar-refractivity contribution in [2.75, 3.05) is 0 Å². The first-order valence-corrected chi connectivity index (χ1v) is 24.5. The highest BCUT2D eigenvalue weighted by molar-refractivity contribution is 7.23. The molecule has 6 nitrogen and oxygen atoms in total. The number of thiophene rings is 2. The summed E-state index contributed by atoms with van der Waals surface area (Å²) in [4.78, 5) is 41.4. The van der Waals surface area contributed by atoms with Gasteiger partial charge in [0.15, 0.2) is 11.6 Å². The zero-order valence-electron chi connectivity index (χ0n) is 35.5. The lowest BCUT2D eigenvalue weighted by Gasteiger charge is -2.44. The Labute approximate surface area is 381 Å². The summed E-state index contributed by atoms with van der Waals surface area (Å²) in [6.07, 6.45) is 25.4. The summed E-state index contributed by atoms with van der Waals surface area (Å²) < 4.78 is 0. The van der Waals surface area contributed by atoms with Crippen LogP contribution >= 0.6 is 22.7 Å². The van der Waals surface area contributed by atoms with E-state index in [1.165, 1.54) is 49.9 Å². The van der Waals surface area contributed by atoms with Crippen molar-refractivity contribution in [1.29, 1.82) is 10.5 Å². The van der Waals surface area contributed by atoms with Crippen LogP contribution in [-0.4, -0.2) is 11.6 Å². The molecule has 2 heterocycles. The van der Waals surface area contributed by atoms with E-state index in [9.17, 15) is 20.1 Å². The second kappa shape index (κ2) is 14.3. The van der Waals surface area contributed by atoms with Gasteiger partial charge in [0.25, 0.3) is 11.4 Å². The van der Waals surface area contributed by atoms with Gasteiger partial charge < -0.3 is 0 Å². The maximum atomic E-state index is 14.3. The second-order valence-corrected chi connectivity index (χ2v) is 21.1. The Morgan fingerprint density at radius 1 is 0.531 bits per heavy atom. The van der Waals surface area contributed by atoms with Gasteiger partial charge >= 0.3 is 0 Å². The van der Waals surface area contributed by atoms with Crippen molar-refractivity contribution in [3.63, 3.8) is 0 Å². The lowest BCUT2D eigenvalue weighted by Crippen LogP contribution is -2.37. The number of hydrogen-bond acceptors (Lipinski definition) is 6. The van der Waals surface area contributed by atoms with E-state index in [0.717, 1.165) is 88.2 Å². The molecule has 64 heavy (non-hydrogen) atoms. The van der Waals surface area contributed by atoms with E-state index in [1.54, 1.807) is 11.1 Å². The number of fused-ring (bicyclic) bond motifs is 13. The lowest BCUT2D eigenvalue weighted by molar-refractivity contribution is 0.103. The SMILES string of the molecule is [C-]#[N+]C(C#N)=C1/C(=C\C2=Cc3sc4c(c3C23CCCCC3)C2(CCCCC2)c2c-4sc3c2C2(CCCCC2)C(/C=C2\C(=O)c4ccccc4\C2=C(\C#N)[N+]#[C-])=C3)C(=O)c2ccccc21. The molecule has 0 unspecified atom stereocenters. The Hall–Kier alpha value is -6.42. The van der Waals surface area contributed by atoms with Crippen molar-refractivity contribution in [2.24, 2.45) is 0 Å². The third kappa shape index (κ3) is 5.02. The van der Waals surface area contributed by atoms with Crippen LogP contribution in [0.1, 0.15) is 160 Å². The summed E-state index contributed by atoms with van der Waals surface area (Å²) in [6.45, 7) is 15.9. The molecule has 8 heteroatoms. The molecule has 0 amide bonds. The quantitative estimate of drug-likeness (QED) is 0.114. The number of rotatable bonds is 2. The average molecular weight is 867 g/mol. The number of nitriles is 2. The first-order valence-electron chi connectivity index (χ1n) is 22.9. The molecule has 0 radical (unpaired) electrons. The predicted octanol–water partition coefficient (Wildman–Crippen LogP) is 14.2. The number of hydrogen-bond donors (Lipinski definition) is 0.